The first-order chi connectivity index (χ1) is 11.8. The van der Waals surface area contributed by atoms with Crippen LogP contribution in [-0.2, 0) is 23.2 Å². The van der Waals surface area contributed by atoms with Gasteiger partial charge in [0, 0.05) is 0 Å². The van der Waals surface area contributed by atoms with Crippen LogP contribution in [0.3, 0.4) is 0 Å². The zero-order valence-electron chi connectivity index (χ0n) is 16.7. The van der Waals surface area contributed by atoms with Crippen molar-refractivity contribution in [2.45, 2.75) is 79.1 Å². The van der Waals surface area contributed by atoms with Gasteiger partial charge >= 0.3 is 130 Å². The molecule has 0 unspecified atom stereocenters. The van der Waals surface area contributed by atoms with Crippen LogP contribution in [0, 0.1) is 0 Å². The maximum atomic E-state index is 3.97. The zero-order chi connectivity index (χ0) is 17.6. The van der Waals surface area contributed by atoms with E-state index in [1.807, 2.05) is 20.4 Å². The fraction of sp³-hybridized carbons (Fsp3) is 0.636. The van der Waals surface area contributed by atoms with Crippen molar-refractivity contribution in [2.75, 3.05) is 13.1 Å². The van der Waals surface area contributed by atoms with E-state index in [9.17, 15) is 0 Å². The minimum absolute atomic E-state index is 0. The van der Waals surface area contributed by atoms with E-state index in [1.54, 1.807) is 11.1 Å². The molecule has 0 amide bonds. The third-order valence-corrected chi connectivity index (χ3v) is 8.47. The molecule has 0 aromatic heterocycles. The minimum Gasteiger partial charge on any atom is -1.00 e. The summed E-state index contributed by atoms with van der Waals surface area (Å²) in [5.74, 6) is 0. The Bertz CT molecular complexity index is 432. The molecule has 0 spiro atoms. The Hall–Kier alpha value is 0.0931. The molecule has 0 aliphatic heterocycles. The molecule has 25 heavy (non-hydrogen) atoms. The number of hydrogen-bond acceptors (Lipinski definition) is 0. The van der Waals surface area contributed by atoms with Crippen LogP contribution in [-0.4, -0.2) is 13.1 Å². The first-order valence-electron chi connectivity index (χ1n) is 9.94. The fourth-order valence-electron chi connectivity index (χ4n) is 2.97. The molecule has 0 N–H and O–H groups in total. The Morgan fingerprint density at radius 1 is 0.800 bits per heavy atom. The summed E-state index contributed by atoms with van der Waals surface area (Å²) in [6.45, 7) is 10.6. The molecule has 0 aromatic carbocycles. The van der Waals surface area contributed by atoms with E-state index in [4.69, 9.17) is 0 Å². The van der Waals surface area contributed by atoms with E-state index in [0.717, 1.165) is 13.1 Å². The van der Waals surface area contributed by atoms with Gasteiger partial charge in [-0.1, -0.05) is 13.8 Å². The summed E-state index contributed by atoms with van der Waals surface area (Å²) in [5, 5.41) is 3.97. The number of allylic oxidation sites excluding steroid dienone is 8. The Balaban J connectivity index is 0.000000848. The second kappa shape index (κ2) is 16.3. The number of rotatable bonds is 10. The van der Waals surface area contributed by atoms with Gasteiger partial charge in [0.1, 0.15) is 0 Å². The Kier molecular flexibility index (Phi) is 16.3. The number of unbranched alkanes of at least 4 members (excludes halogenated alkanes) is 2. The molecule has 140 valence electrons. The van der Waals surface area contributed by atoms with Crippen molar-refractivity contribution in [3.05, 3.63) is 47.3 Å². The van der Waals surface area contributed by atoms with E-state index in [1.165, 1.54) is 51.4 Å². The largest absolute Gasteiger partial charge is 1.00 e. The van der Waals surface area contributed by atoms with Gasteiger partial charge < -0.3 is 17.7 Å². The molecule has 1 nitrogen and oxygen atoms in total. The summed E-state index contributed by atoms with van der Waals surface area (Å²) in [7, 11) is 0. The second-order valence-electron chi connectivity index (χ2n) is 6.41. The first kappa shape index (κ1) is 25.1. The molecule has 0 saturated carbocycles. The van der Waals surface area contributed by atoms with Crippen LogP contribution in [0.4, 0.5) is 0 Å². The molecule has 0 radical (unpaired) electrons. The minimum atomic E-state index is -0.463. The van der Waals surface area contributed by atoms with E-state index in [0.29, 0.717) is 0 Å². The normalized spacial score (nSPS) is 15.2. The summed E-state index contributed by atoms with van der Waals surface area (Å²) in [6.07, 6.45) is 20.2. The van der Waals surface area contributed by atoms with Crippen LogP contribution in [0.1, 0.15) is 79.1 Å². The van der Waals surface area contributed by atoms with Crippen molar-refractivity contribution in [1.82, 2.24) is 0 Å². The van der Waals surface area contributed by atoms with Crippen LogP contribution in [0.15, 0.2) is 42.0 Å². The molecule has 3 heteroatoms. The van der Waals surface area contributed by atoms with Crippen LogP contribution in [0.2, 0.25) is 0 Å². The number of halogens is 1. The molecule has 0 bridgehead atoms. The van der Waals surface area contributed by atoms with E-state index in [2.05, 4.69) is 43.5 Å². The molecule has 0 saturated heterocycles. The molecule has 2 aliphatic rings. The molecule has 0 fully saturated rings. The van der Waals surface area contributed by atoms with Gasteiger partial charge in [-0.3, -0.25) is 0 Å². The molecular formula is C22H36ClNZr. The van der Waals surface area contributed by atoms with Crippen LogP contribution >= 0.6 is 0 Å². The van der Waals surface area contributed by atoms with Crippen molar-refractivity contribution >= 4 is 0 Å². The van der Waals surface area contributed by atoms with Crippen molar-refractivity contribution in [3.63, 3.8) is 0 Å². The summed E-state index contributed by atoms with van der Waals surface area (Å²) in [4.78, 5) is 0. The zero-order valence-corrected chi connectivity index (χ0v) is 19.9. The average molecular weight is 441 g/mol. The van der Waals surface area contributed by atoms with E-state index >= 15 is 0 Å². The van der Waals surface area contributed by atoms with Gasteiger partial charge in [0.2, 0.25) is 0 Å². The van der Waals surface area contributed by atoms with Crippen LogP contribution < -0.4 is 12.4 Å². The van der Waals surface area contributed by atoms with Gasteiger partial charge in [-0.05, 0) is 0 Å². The number of hydrogen-bond donors (Lipinski definition) is 0. The van der Waals surface area contributed by atoms with Crippen LogP contribution in [0.25, 0.3) is 5.32 Å². The van der Waals surface area contributed by atoms with Gasteiger partial charge in [0.05, 0.1) is 0 Å². The molecule has 0 heterocycles. The van der Waals surface area contributed by atoms with Crippen molar-refractivity contribution in [2.24, 2.45) is 0 Å². The molecule has 2 aliphatic carbocycles. The fourth-order valence-corrected chi connectivity index (χ4v) is 6.76. The summed E-state index contributed by atoms with van der Waals surface area (Å²) < 4.78 is 3.73. The predicted octanol–water partition coefficient (Wildman–Crippen LogP) is 4.28. The number of nitrogens with zero attached hydrogens (tertiary/aromatic N) is 1. The van der Waals surface area contributed by atoms with Gasteiger partial charge in [0.15, 0.2) is 0 Å². The Labute approximate surface area is 174 Å². The smallest absolute Gasteiger partial charge is 0.0844 e. The maximum Gasteiger partial charge on any atom is -0.0844 e. The molecular weight excluding hydrogens is 405 g/mol. The molecule has 0 aromatic rings. The second-order valence-corrected chi connectivity index (χ2v) is 9.99. The predicted molar refractivity (Wildman–Crippen MR) is 105 cm³/mol. The van der Waals surface area contributed by atoms with Gasteiger partial charge in [-0.15, -0.1) is 0 Å². The Morgan fingerprint density at radius 3 is 1.56 bits per heavy atom. The first-order valence-corrected chi connectivity index (χ1v) is 12.4. The summed E-state index contributed by atoms with van der Waals surface area (Å²) in [5.41, 5.74) is 3.42. The third kappa shape index (κ3) is 10.1. The monoisotopic (exact) mass is 439 g/mol. The van der Waals surface area contributed by atoms with Crippen molar-refractivity contribution < 1.29 is 35.6 Å². The van der Waals surface area contributed by atoms with Gasteiger partial charge in [-0.2, -0.15) is 13.1 Å². The third-order valence-electron chi connectivity index (χ3n) is 4.41. The summed E-state index contributed by atoms with van der Waals surface area (Å²) in [6, 6.07) is 0. The van der Waals surface area contributed by atoms with Crippen molar-refractivity contribution in [1.29, 1.82) is 0 Å². The summed E-state index contributed by atoms with van der Waals surface area (Å²) >= 11 is -0.463. The Morgan fingerprint density at radius 2 is 1.24 bits per heavy atom. The van der Waals surface area contributed by atoms with Crippen LogP contribution in [0.5, 0.6) is 0 Å². The average Bonchev–Trinajstić information content (AvgIpc) is 3.22. The molecule has 2 rings (SSSR count). The van der Waals surface area contributed by atoms with E-state index in [-0.39, 0.29) is 12.4 Å². The quantitative estimate of drug-likeness (QED) is 0.481. The van der Waals surface area contributed by atoms with Gasteiger partial charge in [0.25, 0.3) is 0 Å². The molecule has 0 atom stereocenters. The maximum absolute atomic E-state index is 3.97. The van der Waals surface area contributed by atoms with E-state index < -0.39 is 23.2 Å². The van der Waals surface area contributed by atoms with Crippen molar-refractivity contribution in [3.8, 4) is 0 Å². The SMILES string of the molecule is CCCCC1=[C]([Zr+2][C]2=C(CCCC)C=CC2)CC=C1.CC[N-]CC.[Cl-]. The standard InChI is InChI=1S/2C9H13.C4H10N.ClH.Zr/c2*1-2-3-6-9-7-4-5-8-9;1-3-5-4-2;;/h2*4,7H,2-3,5-6H2,1H3;3-4H2,1-2H3;1H;/q;;-1;;+2/p-1. The topological polar surface area (TPSA) is 14.1 Å². The van der Waals surface area contributed by atoms with Gasteiger partial charge in [-0.25, -0.2) is 0 Å².